The summed E-state index contributed by atoms with van der Waals surface area (Å²) in [6.07, 6.45) is 9.85. The highest BCUT2D eigenvalue weighted by molar-refractivity contribution is 9.05. The topological polar surface area (TPSA) is 55.8 Å². The van der Waals surface area contributed by atoms with Crippen LogP contribution in [0.25, 0.3) is 0 Å². The lowest BCUT2D eigenvalue weighted by atomic mass is 10.0. The Hall–Kier alpha value is -1.07. The van der Waals surface area contributed by atoms with Gasteiger partial charge in [-0.25, -0.2) is 0 Å². The van der Waals surface area contributed by atoms with Crippen LogP contribution in [0.4, 0.5) is 0 Å². The highest BCUT2D eigenvalue weighted by Crippen LogP contribution is 2.16. The largest absolute Gasteiger partial charge is 0.493 e. The van der Waals surface area contributed by atoms with Crippen molar-refractivity contribution in [3.05, 3.63) is 30.3 Å². The molecule has 0 aliphatic carbocycles. The number of carbonyl (C=O) groups is 1. The maximum absolute atomic E-state index is 9.88. The van der Waals surface area contributed by atoms with Gasteiger partial charge in [0.25, 0.3) is 6.47 Å². The maximum Gasteiger partial charge on any atom is 0.293 e. The molecule has 0 bridgehead atoms. The summed E-state index contributed by atoms with van der Waals surface area (Å²) in [5, 5.41) is 0. The number of para-hydroxylation sites is 1. The van der Waals surface area contributed by atoms with Crippen molar-refractivity contribution in [1.29, 1.82) is 0 Å². The molecule has 0 amide bonds. The number of ether oxygens (including phenoxy) is 2. The molecule has 164 valence electrons. The Bertz CT molecular complexity index is 414. The van der Waals surface area contributed by atoms with E-state index < -0.39 is 0 Å². The Morgan fingerprint density at radius 2 is 1.39 bits per heavy atom. The second-order valence-electron chi connectivity index (χ2n) is 6.89. The van der Waals surface area contributed by atoms with Crippen molar-refractivity contribution in [3.63, 3.8) is 0 Å². The van der Waals surface area contributed by atoms with Crippen LogP contribution in [-0.4, -0.2) is 23.9 Å². The van der Waals surface area contributed by atoms with Crippen molar-refractivity contribution >= 4 is 22.7 Å². The minimum atomic E-state index is 0.536. The summed E-state index contributed by atoms with van der Waals surface area (Å²) in [4.78, 5) is 9.88. The Kier molecular flexibility index (Phi) is 24.9. The molecule has 0 fully saturated rings. The number of benzene rings is 1. The van der Waals surface area contributed by atoms with Gasteiger partial charge < -0.3 is 13.7 Å². The predicted octanol–water partition coefficient (Wildman–Crippen LogP) is 6.95. The molecule has 1 aromatic rings. The Balaban J connectivity index is 0. The average molecular weight is 461 g/mol. The summed E-state index contributed by atoms with van der Waals surface area (Å²) >= 11 is 1.94. The van der Waals surface area contributed by atoms with Crippen molar-refractivity contribution in [1.82, 2.24) is 0 Å². The van der Waals surface area contributed by atoms with Gasteiger partial charge in [0.1, 0.15) is 5.75 Å². The molecule has 1 aromatic carbocycles. The van der Waals surface area contributed by atoms with E-state index in [1.807, 2.05) is 46.6 Å². The van der Waals surface area contributed by atoms with Crippen molar-refractivity contribution in [2.75, 3.05) is 13.2 Å². The average Bonchev–Trinajstić information content (AvgIpc) is 2.76. The fourth-order valence-electron chi connectivity index (χ4n) is 2.70. The molecular weight excluding hydrogens is 420 g/mol. The van der Waals surface area contributed by atoms with E-state index in [0.29, 0.717) is 24.9 Å². The molecule has 0 spiro atoms. The van der Waals surface area contributed by atoms with Crippen LogP contribution in [-0.2, 0) is 9.53 Å². The molecule has 2 unspecified atom stereocenters. The quantitative estimate of drug-likeness (QED) is 0.305. The number of hydrogen-bond acceptors (Lipinski definition) is 4. The standard InChI is InChI=1S/C14H22O.C9H18O2.BrHO/c1-3-5-9-13(4-2)12-15-14-10-7-6-8-11-14;1-3-5-6-9(4-2)7-11-8-10;1-2/h6-8,10-11,13H,3-5,9,12H2,1-2H3;8-9H,3-7H2,1-2H3;2H. The monoisotopic (exact) mass is 460 g/mol. The fourth-order valence-corrected chi connectivity index (χ4v) is 2.70. The Labute approximate surface area is 181 Å². The molecule has 0 saturated carbocycles. The molecule has 0 aliphatic rings. The van der Waals surface area contributed by atoms with Gasteiger partial charge >= 0.3 is 0 Å². The van der Waals surface area contributed by atoms with Crippen LogP contribution in [0.15, 0.2) is 30.3 Å². The first-order valence-corrected chi connectivity index (χ1v) is 11.3. The zero-order valence-corrected chi connectivity index (χ0v) is 19.8. The zero-order valence-electron chi connectivity index (χ0n) is 18.2. The van der Waals surface area contributed by atoms with Crippen LogP contribution < -0.4 is 4.74 Å². The summed E-state index contributed by atoms with van der Waals surface area (Å²) < 4.78 is 17.3. The second kappa shape index (κ2) is 24.0. The molecule has 0 saturated heterocycles. The van der Waals surface area contributed by atoms with Crippen LogP contribution in [0.5, 0.6) is 5.75 Å². The van der Waals surface area contributed by atoms with E-state index in [2.05, 4.69) is 27.7 Å². The van der Waals surface area contributed by atoms with Crippen LogP contribution in [0.1, 0.15) is 79.1 Å². The molecule has 4 nitrogen and oxygen atoms in total. The molecule has 28 heavy (non-hydrogen) atoms. The highest BCUT2D eigenvalue weighted by atomic mass is 79.9. The van der Waals surface area contributed by atoms with Gasteiger partial charge in [-0.1, -0.05) is 84.4 Å². The summed E-state index contributed by atoms with van der Waals surface area (Å²) in [7, 11) is 0. The number of rotatable bonds is 14. The normalized spacial score (nSPS) is 11.8. The summed E-state index contributed by atoms with van der Waals surface area (Å²) in [6, 6.07) is 10.1. The van der Waals surface area contributed by atoms with Gasteiger partial charge in [0.05, 0.1) is 29.5 Å². The molecule has 0 aromatic heterocycles. The van der Waals surface area contributed by atoms with Gasteiger partial charge in [-0.05, 0) is 36.8 Å². The van der Waals surface area contributed by atoms with E-state index in [1.165, 1.54) is 44.9 Å². The third-order valence-corrected chi connectivity index (χ3v) is 4.72. The Morgan fingerprint density at radius 3 is 1.82 bits per heavy atom. The SMILES string of the molecule is CCCCC(CC)COC=O.CCCCC(CC)COc1ccccc1.OBr. The van der Waals surface area contributed by atoms with Gasteiger partial charge in [0.2, 0.25) is 0 Å². The summed E-state index contributed by atoms with van der Waals surface area (Å²) in [5.74, 6) is 2.28. The van der Waals surface area contributed by atoms with Crippen LogP contribution in [0.2, 0.25) is 0 Å². The van der Waals surface area contributed by atoms with E-state index in [-0.39, 0.29) is 0 Å². The molecule has 0 aliphatic heterocycles. The molecule has 2 atom stereocenters. The van der Waals surface area contributed by atoms with Crippen LogP contribution in [0, 0.1) is 11.8 Å². The predicted molar refractivity (Wildman–Crippen MR) is 122 cm³/mol. The summed E-state index contributed by atoms with van der Waals surface area (Å²) in [5.41, 5.74) is 0. The van der Waals surface area contributed by atoms with Gasteiger partial charge in [-0.3, -0.25) is 4.79 Å². The molecular formula is C23H41BrO4. The first-order valence-electron chi connectivity index (χ1n) is 10.6. The minimum absolute atomic E-state index is 0.536. The van der Waals surface area contributed by atoms with Crippen molar-refractivity contribution in [3.8, 4) is 5.75 Å². The van der Waals surface area contributed by atoms with E-state index in [9.17, 15) is 4.79 Å². The number of hydrogen-bond donors (Lipinski definition) is 1. The van der Waals surface area contributed by atoms with E-state index >= 15 is 0 Å². The first-order chi connectivity index (χ1) is 13.7. The van der Waals surface area contributed by atoms with E-state index in [4.69, 9.17) is 13.7 Å². The second-order valence-corrected chi connectivity index (χ2v) is 6.89. The fraction of sp³-hybridized carbons (Fsp3) is 0.696. The molecule has 0 heterocycles. The van der Waals surface area contributed by atoms with Crippen molar-refractivity contribution in [2.24, 2.45) is 11.8 Å². The van der Waals surface area contributed by atoms with Gasteiger partial charge in [0, 0.05) is 0 Å². The molecule has 5 heteroatoms. The smallest absolute Gasteiger partial charge is 0.293 e. The van der Waals surface area contributed by atoms with Gasteiger partial charge in [0.15, 0.2) is 0 Å². The third-order valence-electron chi connectivity index (χ3n) is 4.72. The highest BCUT2D eigenvalue weighted by Gasteiger charge is 2.06. The van der Waals surface area contributed by atoms with Crippen LogP contribution >= 0.6 is 16.3 Å². The number of unbranched alkanes of at least 4 members (excludes halogenated alkanes) is 2. The van der Waals surface area contributed by atoms with Crippen LogP contribution in [0.3, 0.4) is 0 Å². The lowest BCUT2D eigenvalue weighted by Crippen LogP contribution is -2.11. The molecule has 1 N–H and O–H groups in total. The third kappa shape index (κ3) is 18.3. The van der Waals surface area contributed by atoms with Gasteiger partial charge in [-0.15, -0.1) is 0 Å². The lowest BCUT2D eigenvalue weighted by molar-refractivity contribution is -0.130. The van der Waals surface area contributed by atoms with E-state index in [1.54, 1.807) is 0 Å². The summed E-state index contributed by atoms with van der Waals surface area (Å²) in [6.45, 7) is 10.8. The van der Waals surface area contributed by atoms with Crippen molar-refractivity contribution in [2.45, 2.75) is 79.1 Å². The Morgan fingerprint density at radius 1 is 0.893 bits per heavy atom. The lowest BCUT2D eigenvalue weighted by Gasteiger charge is -2.15. The van der Waals surface area contributed by atoms with E-state index in [0.717, 1.165) is 18.8 Å². The molecule has 1 rings (SSSR count). The maximum atomic E-state index is 9.88. The van der Waals surface area contributed by atoms with Crippen molar-refractivity contribution < 1.29 is 18.5 Å². The zero-order chi connectivity index (χ0) is 21.5. The number of carbonyl (C=O) groups excluding carboxylic acids is 1. The minimum Gasteiger partial charge on any atom is -0.493 e. The van der Waals surface area contributed by atoms with Gasteiger partial charge in [-0.2, -0.15) is 0 Å². The molecule has 0 radical (unpaired) electrons. The first kappa shape index (κ1) is 29.1. The number of halogens is 1.